The summed E-state index contributed by atoms with van der Waals surface area (Å²) in [6.45, 7) is 8.62. The number of aryl methyl sites for hydroxylation is 1. The topological polar surface area (TPSA) is 21.3 Å². The Hall–Kier alpha value is -1.44. The van der Waals surface area contributed by atoms with Gasteiger partial charge in [0.1, 0.15) is 0 Å². The van der Waals surface area contributed by atoms with Gasteiger partial charge in [0.2, 0.25) is 0 Å². The van der Waals surface area contributed by atoms with E-state index in [4.69, 9.17) is 4.74 Å². The van der Waals surface area contributed by atoms with Crippen LogP contribution in [0.5, 0.6) is 0 Å². The van der Waals surface area contributed by atoms with E-state index in [9.17, 15) is 0 Å². The summed E-state index contributed by atoms with van der Waals surface area (Å²) in [6.07, 6.45) is 0.995. The molecule has 0 aliphatic rings. The molecular formula is C12H17NO. The molecule has 0 aromatic heterocycles. The number of anilines is 1. The Balaban J connectivity index is 2.52. The van der Waals surface area contributed by atoms with E-state index in [0.29, 0.717) is 12.5 Å². The standard InChI is InChI=1S/C12H17NO/c1-4-9-14-11(3)13-12-8-6-5-7-10(12)2/h5-8,13H,3-4,9H2,1-2H3. The molecule has 0 fully saturated rings. The molecule has 0 radical (unpaired) electrons. The third kappa shape index (κ3) is 3.13. The zero-order valence-electron chi connectivity index (χ0n) is 8.84. The van der Waals surface area contributed by atoms with Gasteiger partial charge < -0.3 is 10.1 Å². The minimum absolute atomic E-state index is 0.612. The molecule has 0 saturated heterocycles. The molecule has 0 saturated carbocycles. The molecule has 1 aromatic carbocycles. The first-order chi connectivity index (χ1) is 6.74. The molecule has 0 heterocycles. The molecule has 1 N–H and O–H groups in total. The van der Waals surface area contributed by atoms with E-state index >= 15 is 0 Å². The molecule has 1 rings (SSSR count). The molecule has 0 atom stereocenters. The van der Waals surface area contributed by atoms with Crippen LogP contribution < -0.4 is 5.32 Å². The van der Waals surface area contributed by atoms with E-state index in [0.717, 1.165) is 12.1 Å². The lowest BCUT2D eigenvalue weighted by atomic mass is 10.2. The first-order valence-corrected chi connectivity index (χ1v) is 4.88. The van der Waals surface area contributed by atoms with Crippen molar-refractivity contribution in [3.63, 3.8) is 0 Å². The third-order valence-corrected chi connectivity index (χ3v) is 1.90. The molecule has 0 aliphatic heterocycles. The number of rotatable bonds is 5. The lowest BCUT2D eigenvalue weighted by Gasteiger charge is -2.12. The molecule has 0 bridgehead atoms. The van der Waals surface area contributed by atoms with Gasteiger partial charge in [-0.1, -0.05) is 25.1 Å². The molecule has 76 valence electrons. The summed E-state index contributed by atoms with van der Waals surface area (Å²) in [7, 11) is 0. The molecule has 1 aromatic rings. The summed E-state index contributed by atoms with van der Waals surface area (Å²) in [6, 6.07) is 8.06. The van der Waals surface area contributed by atoms with Crippen LogP contribution in [-0.2, 0) is 4.74 Å². The summed E-state index contributed by atoms with van der Waals surface area (Å²) in [5, 5.41) is 3.13. The lowest BCUT2D eigenvalue weighted by Crippen LogP contribution is -2.04. The first-order valence-electron chi connectivity index (χ1n) is 4.88. The number of hydrogen-bond donors (Lipinski definition) is 1. The summed E-state index contributed by atoms with van der Waals surface area (Å²) in [5.74, 6) is 0.612. The molecule has 0 spiro atoms. The molecule has 0 aliphatic carbocycles. The van der Waals surface area contributed by atoms with Crippen molar-refractivity contribution < 1.29 is 4.74 Å². The summed E-state index contributed by atoms with van der Waals surface area (Å²) in [4.78, 5) is 0. The highest BCUT2D eigenvalue weighted by Gasteiger charge is 1.98. The molecular weight excluding hydrogens is 174 g/mol. The second kappa shape index (κ2) is 5.32. The van der Waals surface area contributed by atoms with E-state index in [1.54, 1.807) is 0 Å². The normalized spacial score (nSPS) is 9.57. The van der Waals surface area contributed by atoms with Crippen LogP contribution in [0, 0.1) is 6.92 Å². The first kappa shape index (κ1) is 10.6. The third-order valence-electron chi connectivity index (χ3n) is 1.90. The zero-order chi connectivity index (χ0) is 10.4. The van der Waals surface area contributed by atoms with E-state index in [2.05, 4.69) is 31.8 Å². The molecule has 2 heteroatoms. The molecule has 2 nitrogen and oxygen atoms in total. The Morgan fingerprint density at radius 1 is 1.43 bits per heavy atom. The van der Waals surface area contributed by atoms with Crippen molar-refractivity contribution in [3.8, 4) is 0 Å². The second-order valence-corrected chi connectivity index (χ2v) is 3.21. The molecule has 0 unspecified atom stereocenters. The van der Waals surface area contributed by atoms with Crippen LogP contribution in [0.25, 0.3) is 0 Å². The van der Waals surface area contributed by atoms with Crippen molar-refractivity contribution in [2.75, 3.05) is 11.9 Å². The van der Waals surface area contributed by atoms with E-state index < -0.39 is 0 Å². The fraction of sp³-hybridized carbons (Fsp3) is 0.333. The Morgan fingerprint density at radius 2 is 2.14 bits per heavy atom. The average molecular weight is 191 g/mol. The van der Waals surface area contributed by atoms with Crippen molar-refractivity contribution in [1.29, 1.82) is 0 Å². The van der Waals surface area contributed by atoms with Crippen molar-refractivity contribution >= 4 is 5.69 Å². The predicted molar refractivity (Wildman–Crippen MR) is 60.2 cm³/mol. The minimum atomic E-state index is 0.612. The fourth-order valence-corrected chi connectivity index (χ4v) is 1.12. The SMILES string of the molecule is C=C(Nc1ccccc1C)OCCC. The fourth-order valence-electron chi connectivity index (χ4n) is 1.12. The van der Waals surface area contributed by atoms with Gasteiger partial charge in [0.05, 0.1) is 6.61 Å². The second-order valence-electron chi connectivity index (χ2n) is 3.21. The van der Waals surface area contributed by atoms with Gasteiger partial charge in [-0.15, -0.1) is 0 Å². The highest BCUT2D eigenvalue weighted by molar-refractivity contribution is 5.52. The lowest BCUT2D eigenvalue weighted by molar-refractivity contribution is 0.219. The zero-order valence-corrected chi connectivity index (χ0v) is 8.84. The van der Waals surface area contributed by atoms with Gasteiger partial charge in [-0.25, -0.2) is 0 Å². The average Bonchev–Trinajstić information content (AvgIpc) is 2.18. The highest BCUT2D eigenvalue weighted by Crippen LogP contribution is 2.15. The van der Waals surface area contributed by atoms with Gasteiger partial charge in [0.25, 0.3) is 0 Å². The number of benzene rings is 1. The monoisotopic (exact) mass is 191 g/mol. The molecule has 14 heavy (non-hydrogen) atoms. The number of para-hydroxylation sites is 1. The summed E-state index contributed by atoms with van der Waals surface area (Å²) < 4.78 is 5.34. The summed E-state index contributed by atoms with van der Waals surface area (Å²) >= 11 is 0. The van der Waals surface area contributed by atoms with Crippen LogP contribution in [0.15, 0.2) is 36.7 Å². The largest absolute Gasteiger partial charge is 0.479 e. The maximum absolute atomic E-state index is 5.34. The minimum Gasteiger partial charge on any atom is -0.479 e. The van der Waals surface area contributed by atoms with Gasteiger partial charge in [0.15, 0.2) is 5.88 Å². The van der Waals surface area contributed by atoms with Crippen LogP contribution >= 0.6 is 0 Å². The van der Waals surface area contributed by atoms with Crippen LogP contribution in [0.4, 0.5) is 5.69 Å². The van der Waals surface area contributed by atoms with Crippen molar-refractivity contribution in [1.82, 2.24) is 0 Å². The van der Waals surface area contributed by atoms with Crippen LogP contribution in [-0.4, -0.2) is 6.61 Å². The van der Waals surface area contributed by atoms with Gasteiger partial charge in [-0.2, -0.15) is 0 Å². The quantitative estimate of drug-likeness (QED) is 0.721. The van der Waals surface area contributed by atoms with Crippen molar-refractivity contribution in [2.45, 2.75) is 20.3 Å². The predicted octanol–water partition coefficient (Wildman–Crippen LogP) is 3.30. The Labute approximate surface area is 85.6 Å². The van der Waals surface area contributed by atoms with Crippen molar-refractivity contribution in [3.05, 3.63) is 42.3 Å². The van der Waals surface area contributed by atoms with Gasteiger partial charge in [0, 0.05) is 5.69 Å². The number of ether oxygens (including phenoxy) is 1. The van der Waals surface area contributed by atoms with Gasteiger partial charge in [-0.3, -0.25) is 0 Å². The van der Waals surface area contributed by atoms with E-state index in [-0.39, 0.29) is 0 Å². The Morgan fingerprint density at radius 3 is 2.79 bits per heavy atom. The van der Waals surface area contributed by atoms with Crippen LogP contribution in [0.3, 0.4) is 0 Å². The number of nitrogens with one attached hydrogen (secondary N) is 1. The van der Waals surface area contributed by atoms with E-state index in [1.165, 1.54) is 5.56 Å². The smallest absolute Gasteiger partial charge is 0.183 e. The Bertz CT molecular complexity index is 307. The van der Waals surface area contributed by atoms with Crippen LogP contribution in [0.2, 0.25) is 0 Å². The maximum Gasteiger partial charge on any atom is 0.183 e. The number of hydrogen-bond acceptors (Lipinski definition) is 2. The van der Waals surface area contributed by atoms with Crippen LogP contribution in [0.1, 0.15) is 18.9 Å². The van der Waals surface area contributed by atoms with E-state index in [1.807, 2.05) is 18.2 Å². The Kier molecular flexibility index (Phi) is 4.05. The maximum atomic E-state index is 5.34. The van der Waals surface area contributed by atoms with Crippen molar-refractivity contribution in [2.24, 2.45) is 0 Å². The highest BCUT2D eigenvalue weighted by atomic mass is 16.5. The molecule has 0 amide bonds. The van der Waals surface area contributed by atoms with Gasteiger partial charge in [-0.05, 0) is 31.6 Å². The summed E-state index contributed by atoms with van der Waals surface area (Å²) in [5.41, 5.74) is 2.24. The van der Waals surface area contributed by atoms with Gasteiger partial charge >= 0.3 is 0 Å².